The summed E-state index contributed by atoms with van der Waals surface area (Å²) in [7, 11) is 1.90. The topological polar surface area (TPSA) is 38.1 Å². The molecule has 1 aromatic heterocycles. The lowest BCUT2D eigenvalue weighted by Gasteiger charge is -2.34. The number of carbonyl (C=O) groups is 1. The quantitative estimate of drug-likeness (QED) is 0.650. The number of halogens is 2. The molecule has 132 valence electrons. The molecule has 3 aromatic rings. The van der Waals surface area contributed by atoms with Crippen molar-refractivity contribution in [3.63, 3.8) is 0 Å². The number of carbonyl (C=O) groups excluding carboxylic acids is 1. The van der Waals surface area contributed by atoms with Gasteiger partial charge in [-0.05, 0) is 34.9 Å². The molecule has 0 radical (unpaired) electrons. The standard InChI is InChI=1S/C20H17Cl2N3O/c1-24-10-15(9-23-24)17-12-25(11-14-4-2-3-5-16(14)17)20(26)13-6-7-18(21)19(22)8-13/h2-10,17H,11-12H2,1H3/t17-/m0/s1. The Hall–Kier alpha value is -2.30. The predicted molar refractivity (Wildman–Crippen MR) is 103 cm³/mol. The van der Waals surface area contributed by atoms with Crippen molar-refractivity contribution in [2.45, 2.75) is 12.5 Å². The molecule has 0 aliphatic carbocycles. The van der Waals surface area contributed by atoms with Gasteiger partial charge in [0.1, 0.15) is 0 Å². The molecule has 0 unspecified atom stereocenters. The number of hydrogen-bond donors (Lipinski definition) is 0. The maximum absolute atomic E-state index is 13.1. The summed E-state index contributed by atoms with van der Waals surface area (Å²) in [4.78, 5) is 14.9. The van der Waals surface area contributed by atoms with Crippen LogP contribution in [-0.4, -0.2) is 27.1 Å². The molecule has 1 aliphatic rings. The van der Waals surface area contributed by atoms with E-state index in [2.05, 4.69) is 17.2 Å². The van der Waals surface area contributed by atoms with E-state index in [-0.39, 0.29) is 11.8 Å². The van der Waals surface area contributed by atoms with Gasteiger partial charge in [0.25, 0.3) is 5.91 Å². The summed E-state index contributed by atoms with van der Waals surface area (Å²) in [5.41, 5.74) is 4.05. The monoisotopic (exact) mass is 385 g/mol. The van der Waals surface area contributed by atoms with Crippen LogP contribution in [0.2, 0.25) is 10.0 Å². The fourth-order valence-corrected chi connectivity index (χ4v) is 3.78. The molecule has 1 atom stereocenters. The molecule has 2 aromatic carbocycles. The Bertz CT molecular complexity index is 983. The maximum Gasteiger partial charge on any atom is 0.254 e. The highest BCUT2D eigenvalue weighted by molar-refractivity contribution is 6.42. The van der Waals surface area contributed by atoms with Crippen molar-refractivity contribution < 1.29 is 4.79 Å². The normalized spacial score (nSPS) is 16.4. The van der Waals surface area contributed by atoms with Gasteiger partial charge in [-0.15, -0.1) is 0 Å². The summed E-state index contributed by atoms with van der Waals surface area (Å²) < 4.78 is 1.79. The first kappa shape index (κ1) is 17.1. The van der Waals surface area contributed by atoms with E-state index in [9.17, 15) is 4.79 Å². The highest BCUT2D eigenvalue weighted by Crippen LogP contribution is 2.34. The van der Waals surface area contributed by atoms with Crippen LogP contribution in [0, 0.1) is 0 Å². The third-order valence-electron chi connectivity index (χ3n) is 4.78. The van der Waals surface area contributed by atoms with Crippen molar-refractivity contribution in [1.82, 2.24) is 14.7 Å². The zero-order valence-corrected chi connectivity index (χ0v) is 15.7. The number of amides is 1. The summed E-state index contributed by atoms with van der Waals surface area (Å²) in [5, 5.41) is 5.13. The van der Waals surface area contributed by atoms with Crippen LogP contribution in [0.5, 0.6) is 0 Å². The van der Waals surface area contributed by atoms with Crippen molar-refractivity contribution in [3.05, 3.63) is 87.2 Å². The van der Waals surface area contributed by atoms with Crippen LogP contribution in [0.3, 0.4) is 0 Å². The minimum Gasteiger partial charge on any atom is -0.333 e. The first-order valence-corrected chi connectivity index (χ1v) is 9.09. The van der Waals surface area contributed by atoms with Gasteiger partial charge in [-0.25, -0.2) is 0 Å². The molecule has 0 bridgehead atoms. The van der Waals surface area contributed by atoms with E-state index in [1.807, 2.05) is 36.5 Å². The highest BCUT2D eigenvalue weighted by Gasteiger charge is 2.30. The first-order valence-electron chi connectivity index (χ1n) is 8.33. The lowest BCUT2D eigenvalue weighted by molar-refractivity contribution is 0.0725. The van der Waals surface area contributed by atoms with Gasteiger partial charge in [0.15, 0.2) is 0 Å². The lowest BCUT2D eigenvalue weighted by Crippen LogP contribution is -2.38. The van der Waals surface area contributed by atoms with Gasteiger partial charge < -0.3 is 4.90 Å². The molecule has 4 nitrogen and oxygen atoms in total. The van der Waals surface area contributed by atoms with Crippen molar-refractivity contribution in [2.24, 2.45) is 7.05 Å². The third kappa shape index (κ3) is 3.11. The Balaban J connectivity index is 1.70. The minimum absolute atomic E-state index is 0.0491. The largest absolute Gasteiger partial charge is 0.333 e. The molecule has 0 fully saturated rings. The van der Waals surface area contributed by atoms with Gasteiger partial charge in [-0.3, -0.25) is 9.48 Å². The van der Waals surface area contributed by atoms with E-state index >= 15 is 0 Å². The van der Waals surface area contributed by atoms with Crippen LogP contribution in [0.25, 0.3) is 0 Å². The number of nitrogens with zero attached hydrogens (tertiary/aromatic N) is 3. The van der Waals surface area contributed by atoms with E-state index in [4.69, 9.17) is 23.2 Å². The zero-order valence-electron chi connectivity index (χ0n) is 14.2. The van der Waals surface area contributed by atoms with E-state index in [1.54, 1.807) is 22.9 Å². The Morgan fingerprint density at radius 3 is 2.69 bits per heavy atom. The second-order valence-electron chi connectivity index (χ2n) is 6.51. The van der Waals surface area contributed by atoms with E-state index in [1.165, 1.54) is 5.56 Å². The number of aromatic nitrogens is 2. The molecular weight excluding hydrogens is 369 g/mol. The van der Waals surface area contributed by atoms with Crippen LogP contribution in [0.15, 0.2) is 54.9 Å². The zero-order chi connectivity index (χ0) is 18.3. The van der Waals surface area contributed by atoms with Crippen molar-refractivity contribution in [1.29, 1.82) is 0 Å². The van der Waals surface area contributed by atoms with Gasteiger partial charge in [0, 0.05) is 37.8 Å². The number of fused-ring (bicyclic) bond motifs is 1. The number of rotatable bonds is 2. The molecule has 2 heterocycles. The second-order valence-corrected chi connectivity index (χ2v) is 7.33. The van der Waals surface area contributed by atoms with Crippen LogP contribution in [0.4, 0.5) is 0 Å². The van der Waals surface area contributed by atoms with Gasteiger partial charge >= 0.3 is 0 Å². The van der Waals surface area contributed by atoms with Crippen LogP contribution in [0.1, 0.15) is 33.0 Å². The molecule has 0 saturated carbocycles. The second kappa shape index (κ2) is 6.78. The molecule has 4 rings (SSSR count). The Kier molecular flexibility index (Phi) is 4.47. The number of aryl methyl sites for hydroxylation is 1. The molecule has 1 aliphatic heterocycles. The van der Waals surface area contributed by atoms with Gasteiger partial charge in [-0.2, -0.15) is 5.10 Å². The third-order valence-corrected chi connectivity index (χ3v) is 5.51. The average molecular weight is 386 g/mol. The molecular formula is C20H17Cl2N3O. The Morgan fingerprint density at radius 1 is 1.15 bits per heavy atom. The Labute approximate surface area is 161 Å². The fraction of sp³-hybridized carbons (Fsp3) is 0.200. The molecule has 1 amide bonds. The summed E-state index contributed by atoms with van der Waals surface area (Å²) in [6.07, 6.45) is 3.88. The molecule has 0 saturated heterocycles. The molecule has 26 heavy (non-hydrogen) atoms. The Morgan fingerprint density at radius 2 is 1.96 bits per heavy atom. The fourth-order valence-electron chi connectivity index (χ4n) is 3.48. The van der Waals surface area contributed by atoms with Gasteiger partial charge in [0.05, 0.1) is 16.2 Å². The minimum atomic E-state index is -0.0491. The predicted octanol–water partition coefficient (Wildman–Crippen LogP) is 4.51. The summed E-state index contributed by atoms with van der Waals surface area (Å²) in [5.74, 6) is 0.0485. The van der Waals surface area contributed by atoms with Crippen LogP contribution < -0.4 is 0 Å². The summed E-state index contributed by atoms with van der Waals surface area (Å²) in [6, 6.07) is 13.3. The van der Waals surface area contributed by atoms with Crippen LogP contribution >= 0.6 is 23.2 Å². The van der Waals surface area contributed by atoms with Crippen LogP contribution in [-0.2, 0) is 13.6 Å². The highest BCUT2D eigenvalue weighted by atomic mass is 35.5. The van der Waals surface area contributed by atoms with E-state index in [0.29, 0.717) is 28.7 Å². The summed E-state index contributed by atoms with van der Waals surface area (Å²) in [6.45, 7) is 1.17. The molecule has 0 N–H and O–H groups in total. The van der Waals surface area contributed by atoms with Crippen molar-refractivity contribution in [2.75, 3.05) is 6.54 Å². The average Bonchev–Trinajstić information content (AvgIpc) is 3.08. The SMILES string of the molecule is Cn1cc([C@@H]2CN(C(=O)c3ccc(Cl)c(Cl)c3)Cc3ccccc32)cn1. The van der Waals surface area contributed by atoms with Gasteiger partial charge in [0.2, 0.25) is 0 Å². The van der Waals surface area contributed by atoms with Crippen molar-refractivity contribution >= 4 is 29.1 Å². The number of hydrogen-bond acceptors (Lipinski definition) is 2. The van der Waals surface area contributed by atoms with Gasteiger partial charge in [-0.1, -0.05) is 47.5 Å². The maximum atomic E-state index is 13.1. The molecule has 6 heteroatoms. The first-order chi connectivity index (χ1) is 12.5. The number of benzene rings is 2. The van der Waals surface area contributed by atoms with E-state index < -0.39 is 0 Å². The summed E-state index contributed by atoms with van der Waals surface area (Å²) >= 11 is 12.1. The van der Waals surface area contributed by atoms with Crippen molar-refractivity contribution in [3.8, 4) is 0 Å². The van der Waals surface area contributed by atoms with E-state index in [0.717, 1.165) is 11.1 Å². The molecule has 0 spiro atoms. The lowest BCUT2D eigenvalue weighted by atomic mass is 9.86. The smallest absolute Gasteiger partial charge is 0.254 e.